The summed E-state index contributed by atoms with van der Waals surface area (Å²) in [7, 11) is 1.35. The molecule has 2 aliphatic heterocycles. The molecule has 0 aromatic carbocycles. The van der Waals surface area contributed by atoms with Crippen molar-refractivity contribution in [1.82, 2.24) is 15.2 Å². The van der Waals surface area contributed by atoms with Crippen molar-refractivity contribution in [3.8, 4) is 11.6 Å². The van der Waals surface area contributed by atoms with Gasteiger partial charge in [0.05, 0.1) is 5.69 Å². The fourth-order valence-electron chi connectivity index (χ4n) is 4.49. The Labute approximate surface area is 185 Å². The Balaban J connectivity index is 1.92. The van der Waals surface area contributed by atoms with E-state index in [1.165, 1.54) is 7.05 Å². The lowest BCUT2D eigenvalue weighted by Crippen LogP contribution is -2.42. The van der Waals surface area contributed by atoms with Crippen molar-refractivity contribution < 1.29 is 35.9 Å². The van der Waals surface area contributed by atoms with Crippen LogP contribution in [0.15, 0.2) is 10.5 Å². The normalized spacial score (nSPS) is 24.4. The molecule has 2 aliphatic rings. The molecule has 0 unspecified atom stereocenters. The molecule has 4 heterocycles. The Kier molecular flexibility index (Phi) is 5.95. The van der Waals surface area contributed by atoms with Gasteiger partial charge in [-0.15, -0.1) is 10.2 Å². The second-order valence-corrected chi connectivity index (χ2v) is 8.36. The summed E-state index contributed by atoms with van der Waals surface area (Å²) < 4.78 is 88.2. The third kappa shape index (κ3) is 4.22. The lowest BCUT2D eigenvalue weighted by molar-refractivity contribution is -0.277. The fourth-order valence-corrected chi connectivity index (χ4v) is 4.49. The first-order chi connectivity index (χ1) is 15.5. The van der Waals surface area contributed by atoms with Crippen molar-refractivity contribution in [2.75, 3.05) is 23.8 Å². The molecule has 0 amide bonds. The summed E-state index contributed by atoms with van der Waals surface area (Å²) in [5.74, 6) is -1.90. The van der Waals surface area contributed by atoms with Crippen molar-refractivity contribution in [2.45, 2.75) is 68.9 Å². The number of alkyl halides is 6. The molecule has 0 radical (unpaired) electrons. The average molecular weight is 479 g/mol. The molecule has 0 spiro atoms. The number of nitrogens with zero attached hydrogens (tertiary/aromatic N) is 4. The molecule has 1 fully saturated rings. The van der Waals surface area contributed by atoms with Crippen LogP contribution in [0.2, 0.25) is 0 Å². The molecular formula is C20H23F6N5O2. The van der Waals surface area contributed by atoms with E-state index in [2.05, 4.69) is 20.5 Å². The Bertz CT molecular complexity index is 1010. The number of hydrogen-bond acceptors (Lipinski definition) is 7. The zero-order valence-electron chi connectivity index (χ0n) is 17.7. The van der Waals surface area contributed by atoms with Crippen LogP contribution in [-0.2, 0) is 11.8 Å². The van der Waals surface area contributed by atoms with E-state index in [0.29, 0.717) is 38.6 Å². The largest absolute Gasteiger partial charge is 0.426 e. The predicted molar refractivity (Wildman–Crippen MR) is 105 cm³/mol. The fraction of sp³-hybridized carbons (Fsp3) is 0.650. The minimum atomic E-state index is -5.08. The molecule has 0 aliphatic carbocycles. The highest BCUT2D eigenvalue weighted by molar-refractivity contribution is 5.73. The Hall–Kier alpha value is -2.57. The number of pyridine rings is 1. The maximum absolute atomic E-state index is 13.9. The maximum Gasteiger partial charge on any atom is 0.426 e. The number of aromatic nitrogens is 3. The first-order valence-corrected chi connectivity index (χ1v) is 10.7. The van der Waals surface area contributed by atoms with Crippen molar-refractivity contribution in [3.05, 3.63) is 17.5 Å². The molecule has 7 nitrogen and oxygen atoms in total. The van der Waals surface area contributed by atoms with Gasteiger partial charge in [-0.25, -0.2) is 4.98 Å². The summed E-state index contributed by atoms with van der Waals surface area (Å²) in [6, 6.07) is 0.619. The van der Waals surface area contributed by atoms with Crippen molar-refractivity contribution in [1.29, 1.82) is 0 Å². The van der Waals surface area contributed by atoms with E-state index in [4.69, 9.17) is 4.42 Å². The second-order valence-electron chi connectivity index (χ2n) is 8.36. The van der Waals surface area contributed by atoms with Crippen LogP contribution in [0.4, 0.5) is 37.8 Å². The number of aliphatic hydroxyl groups is 1. The molecule has 13 heteroatoms. The van der Waals surface area contributed by atoms with Gasteiger partial charge in [-0.1, -0.05) is 12.8 Å². The minimum absolute atomic E-state index is 0.0273. The first kappa shape index (κ1) is 23.6. The van der Waals surface area contributed by atoms with Crippen LogP contribution in [-0.4, -0.2) is 46.1 Å². The average Bonchev–Trinajstić information content (AvgIpc) is 3.40. The van der Waals surface area contributed by atoms with Crippen molar-refractivity contribution in [3.63, 3.8) is 0 Å². The summed E-state index contributed by atoms with van der Waals surface area (Å²) in [5.41, 5.74) is -4.68. The van der Waals surface area contributed by atoms with Gasteiger partial charge < -0.3 is 19.7 Å². The highest BCUT2D eigenvalue weighted by Gasteiger charge is 2.58. The minimum Gasteiger partial charge on any atom is -0.416 e. The summed E-state index contributed by atoms with van der Waals surface area (Å²) in [4.78, 5) is 5.79. The van der Waals surface area contributed by atoms with Gasteiger partial charge in [-0.3, -0.25) is 0 Å². The van der Waals surface area contributed by atoms with Crippen molar-refractivity contribution in [2.24, 2.45) is 0 Å². The van der Waals surface area contributed by atoms with Crippen LogP contribution in [0.25, 0.3) is 11.6 Å². The standard InChI is InChI=1S/C20H23F6N5O2/c1-27-13-10-12(19(21,22)23)15-28-14(13)16-29-30-17(33-16)18(32,20(24,25)26)8-4-2-3-6-11-7-5-9-31(11)15/h10-11,27,32H,2-9H2,1H3/t11-,18+/m1/s1. The van der Waals surface area contributed by atoms with E-state index in [9.17, 15) is 31.4 Å². The third-order valence-corrected chi connectivity index (χ3v) is 6.25. The third-order valence-electron chi connectivity index (χ3n) is 6.25. The summed E-state index contributed by atoms with van der Waals surface area (Å²) in [6.45, 7) is 0.377. The zero-order chi connectivity index (χ0) is 24.0. The van der Waals surface area contributed by atoms with Gasteiger partial charge in [0.15, 0.2) is 5.69 Å². The molecule has 4 rings (SSSR count). The van der Waals surface area contributed by atoms with E-state index < -0.39 is 41.7 Å². The molecule has 2 N–H and O–H groups in total. The maximum atomic E-state index is 13.9. The van der Waals surface area contributed by atoms with Crippen LogP contribution in [0, 0.1) is 0 Å². The molecule has 0 saturated carbocycles. The smallest absolute Gasteiger partial charge is 0.416 e. The molecule has 182 valence electrons. The summed E-state index contributed by atoms with van der Waals surface area (Å²) >= 11 is 0. The molecule has 2 atom stereocenters. The molecular weight excluding hydrogens is 456 g/mol. The SMILES string of the molecule is CNc1cc(C(F)(F)F)c2nc1-c1nnc(o1)[C@](O)(C(F)(F)F)CCCCC[C@@H]1CCCN21. The van der Waals surface area contributed by atoms with Gasteiger partial charge in [-0.05, 0) is 38.2 Å². The van der Waals surface area contributed by atoms with Gasteiger partial charge in [0, 0.05) is 19.6 Å². The van der Waals surface area contributed by atoms with E-state index in [-0.39, 0.29) is 29.7 Å². The number of fused-ring (bicyclic) bond motifs is 7. The van der Waals surface area contributed by atoms with Crippen LogP contribution in [0.1, 0.15) is 56.4 Å². The number of rotatable bonds is 1. The van der Waals surface area contributed by atoms with Gasteiger partial charge in [0.2, 0.25) is 5.60 Å². The Morgan fingerprint density at radius 2 is 1.82 bits per heavy atom. The van der Waals surface area contributed by atoms with E-state index in [1.807, 2.05) is 0 Å². The van der Waals surface area contributed by atoms with Crippen molar-refractivity contribution >= 4 is 11.5 Å². The monoisotopic (exact) mass is 479 g/mol. The van der Waals surface area contributed by atoms with E-state index >= 15 is 0 Å². The number of nitrogens with one attached hydrogen (secondary N) is 1. The molecule has 1 saturated heterocycles. The van der Waals surface area contributed by atoms with Crippen LogP contribution >= 0.6 is 0 Å². The number of halogens is 6. The number of anilines is 2. The molecule has 33 heavy (non-hydrogen) atoms. The van der Waals surface area contributed by atoms with Gasteiger partial charge in [-0.2, -0.15) is 26.3 Å². The summed E-state index contributed by atoms with van der Waals surface area (Å²) in [6.07, 6.45) is -7.76. The van der Waals surface area contributed by atoms with Crippen LogP contribution in [0.3, 0.4) is 0 Å². The van der Waals surface area contributed by atoms with Gasteiger partial charge >= 0.3 is 12.4 Å². The molecule has 2 aromatic rings. The van der Waals surface area contributed by atoms with E-state index in [1.54, 1.807) is 4.90 Å². The topological polar surface area (TPSA) is 87.3 Å². The lowest BCUT2D eigenvalue weighted by Gasteiger charge is -2.30. The van der Waals surface area contributed by atoms with Gasteiger partial charge in [0.1, 0.15) is 11.4 Å². The van der Waals surface area contributed by atoms with E-state index in [0.717, 1.165) is 6.07 Å². The summed E-state index contributed by atoms with van der Waals surface area (Å²) in [5, 5.41) is 20.0. The van der Waals surface area contributed by atoms with Crippen LogP contribution in [0.5, 0.6) is 0 Å². The predicted octanol–water partition coefficient (Wildman–Crippen LogP) is 4.87. The molecule has 2 aromatic heterocycles. The van der Waals surface area contributed by atoms with Gasteiger partial charge in [0.25, 0.3) is 11.8 Å². The Morgan fingerprint density at radius 3 is 2.48 bits per heavy atom. The lowest BCUT2D eigenvalue weighted by atomic mass is 9.94. The number of hydrogen-bond donors (Lipinski definition) is 2. The highest BCUT2D eigenvalue weighted by Crippen LogP contribution is 2.45. The molecule has 4 bridgehead atoms. The quantitative estimate of drug-likeness (QED) is 0.564. The Morgan fingerprint density at radius 1 is 1.09 bits per heavy atom. The first-order valence-electron chi connectivity index (χ1n) is 10.7. The zero-order valence-corrected chi connectivity index (χ0v) is 17.7. The highest BCUT2D eigenvalue weighted by atomic mass is 19.4. The van der Waals surface area contributed by atoms with Crippen LogP contribution < -0.4 is 10.2 Å². The second kappa shape index (κ2) is 8.33.